The van der Waals surface area contributed by atoms with Gasteiger partial charge in [0.15, 0.2) is 0 Å². The quantitative estimate of drug-likeness (QED) is 0.836. The molecule has 3 nitrogen and oxygen atoms in total. The number of methoxy groups -OCH3 is 1. The predicted molar refractivity (Wildman–Crippen MR) is 69.6 cm³/mol. The van der Waals surface area contributed by atoms with Gasteiger partial charge in [0, 0.05) is 29.4 Å². The van der Waals surface area contributed by atoms with E-state index < -0.39 is 0 Å². The largest absolute Gasteiger partial charge is 0.496 e. The highest BCUT2D eigenvalue weighted by atomic mass is 35.5. The monoisotopic (exact) mass is 250 g/mol. The van der Waals surface area contributed by atoms with Crippen LogP contribution in [0.5, 0.6) is 5.75 Å². The van der Waals surface area contributed by atoms with Crippen LogP contribution in [-0.2, 0) is 13.5 Å². The maximum atomic E-state index is 6.04. The molecule has 0 N–H and O–H groups in total. The molecule has 90 valence electrons. The molecule has 17 heavy (non-hydrogen) atoms. The maximum Gasteiger partial charge on any atom is 0.126 e. The first kappa shape index (κ1) is 12.0. The molecular formula is C13H15ClN2O. The van der Waals surface area contributed by atoms with E-state index in [0.29, 0.717) is 5.02 Å². The van der Waals surface area contributed by atoms with Crippen LogP contribution in [0, 0.1) is 0 Å². The lowest BCUT2D eigenvalue weighted by atomic mass is 10.0. The third-order valence-electron chi connectivity index (χ3n) is 2.69. The summed E-state index contributed by atoms with van der Waals surface area (Å²) in [6.45, 7) is 2.09. The lowest BCUT2D eigenvalue weighted by Gasteiger charge is -2.08. The molecule has 2 aromatic rings. The van der Waals surface area contributed by atoms with Crippen molar-refractivity contribution < 1.29 is 4.74 Å². The average Bonchev–Trinajstić information content (AvgIpc) is 2.70. The molecule has 0 amide bonds. The van der Waals surface area contributed by atoms with Gasteiger partial charge in [-0.1, -0.05) is 18.5 Å². The summed E-state index contributed by atoms with van der Waals surface area (Å²) in [6.07, 6.45) is 2.87. The molecule has 0 bridgehead atoms. The van der Waals surface area contributed by atoms with E-state index in [9.17, 15) is 0 Å². The number of ether oxygens (including phenoxy) is 1. The number of hydrogen-bond acceptors (Lipinski definition) is 2. The van der Waals surface area contributed by atoms with Crippen molar-refractivity contribution in [1.82, 2.24) is 9.78 Å². The van der Waals surface area contributed by atoms with Gasteiger partial charge in [0.05, 0.1) is 12.8 Å². The molecule has 0 saturated heterocycles. The van der Waals surface area contributed by atoms with Gasteiger partial charge in [0.25, 0.3) is 0 Å². The van der Waals surface area contributed by atoms with Gasteiger partial charge < -0.3 is 4.74 Å². The molecule has 0 spiro atoms. The highest BCUT2D eigenvalue weighted by Crippen LogP contribution is 2.34. The minimum Gasteiger partial charge on any atom is -0.496 e. The minimum atomic E-state index is 0.701. The number of halogens is 1. The topological polar surface area (TPSA) is 27.1 Å². The number of aryl methyl sites for hydroxylation is 2. The van der Waals surface area contributed by atoms with Crippen LogP contribution in [0.25, 0.3) is 11.1 Å². The minimum absolute atomic E-state index is 0.701. The summed E-state index contributed by atoms with van der Waals surface area (Å²) in [6, 6.07) is 5.62. The van der Waals surface area contributed by atoms with Crippen LogP contribution < -0.4 is 4.74 Å². The van der Waals surface area contributed by atoms with E-state index >= 15 is 0 Å². The van der Waals surface area contributed by atoms with Crippen LogP contribution in [0.2, 0.25) is 5.02 Å². The standard InChI is InChI=1S/C13H15ClN2O/c1-4-12-11(8-16(2)15-12)10-7-9(14)5-6-13(10)17-3/h5-8H,4H2,1-3H3. The van der Waals surface area contributed by atoms with Crippen molar-refractivity contribution in [1.29, 1.82) is 0 Å². The molecule has 0 aliphatic rings. The fourth-order valence-electron chi connectivity index (χ4n) is 1.91. The molecule has 1 aromatic heterocycles. The number of aromatic nitrogens is 2. The van der Waals surface area contributed by atoms with Crippen molar-refractivity contribution in [2.24, 2.45) is 7.05 Å². The Morgan fingerprint density at radius 3 is 2.76 bits per heavy atom. The molecule has 1 aromatic carbocycles. The van der Waals surface area contributed by atoms with Gasteiger partial charge in [-0.3, -0.25) is 4.68 Å². The summed E-state index contributed by atoms with van der Waals surface area (Å²) in [5.74, 6) is 0.817. The van der Waals surface area contributed by atoms with Gasteiger partial charge in [0.2, 0.25) is 0 Å². The Hall–Kier alpha value is -1.48. The van der Waals surface area contributed by atoms with Gasteiger partial charge in [-0.05, 0) is 24.6 Å². The Kier molecular flexibility index (Phi) is 3.38. The van der Waals surface area contributed by atoms with E-state index in [1.807, 2.05) is 36.1 Å². The molecule has 0 atom stereocenters. The first-order valence-electron chi connectivity index (χ1n) is 5.52. The Morgan fingerprint density at radius 2 is 2.12 bits per heavy atom. The van der Waals surface area contributed by atoms with Crippen molar-refractivity contribution in [2.45, 2.75) is 13.3 Å². The van der Waals surface area contributed by atoms with Crippen molar-refractivity contribution in [3.8, 4) is 16.9 Å². The average molecular weight is 251 g/mol. The van der Waals surface area contributed by atoms with Gasteiger partial charge >= 0.3 is 0 Å². The molecule has 1 heterocycles. The summed E-state index contributed by atoms with van der Waals surface area (Å²) in [5.41, 5.74) is 3.12. The van der Waals surface area contributed by atoms with Crippen molar-refractivity contribution >= 4 is 11.6 Å². The SMILES string of the molecule is CCc1nn(C)cc1-c1cc(Cl)ccc1OC. The molecule has 0 unspecified atom stereocenters. The third-order valence-corrected chi connectivity index (χ3v) is 2.93. The number of benzene rings is 1. The second kappa shape index (κ2) is 4.80. The van der Waals surface area contributed by atoms with Gasteiger partial charge in [-0.25, -0.2) is 0 Å². The lowest BCUT2D eigenvalue weighted by molar-refractivity contribution is 0.416. The number of rotatable bonds is 3. The van der Waals surface area contributed by atoms with Crippen LogP contribution >= 0.6 is 11.6 Å². The zero-order valence-corrected chi connectivity index (χ0v) is 11.0. The Balaban J connectivity index is 2.61. The Labute approximate surface area is 106 Å². The Bertz CT molecular complexity index is 534. The van der Waals surface area contributed by atoms with Crippen LogP contribution in [0.3, 0.4) is 0 Å². The van der Waals surface area contributed by atoms with Crippen LogP contribution in [-0.4, -0.2) is 16.9 Å². The van der Waals surface area contributed by atoms with Gasteiger partial charge in [-0.2, -0.15) is 5.10 Å². The van der Waals surface area contributed by atoms with Gasteiger partial charge in [-0.15, -0.1) is 0 Å². The molecule has 0 saturated carbocycles. The van der Waals surface area contributed by atoms with E-state index in [0.717, 1.165) is 29.0 Å². The highest BCUT2D eigenvalue weighted by molar-refractivity contribution is 6.31. The van der Waals surface area contributed by atoms with E-state index in [1.165, 1.54) is 0 Å². The summed E-state index contributed by atoms with van der Waals surface area (Å²) in [4.78, 5) is 0. The van der Waals surface area contributed by atoms with Crippen molar-refractivity contribution in [2.75, 3.05) is 7.11 Å². The van der Waals surface area contributed by atoms with E-state index in [2.05, 4.69) is 12.0 Å². The van der Waals surface area contributed by atoms with E-state index in [1.54, 1.807) is 7.11 Å². The zero-order chi connectivity index (χ0) is 12.4. The maximum absolute atomic E-state index is 6.04. The molecule has 0 aliphatic heterocycles. The number of nitrogens with zero attached hydrogens (tertiary/aromatic N) is 2. The molecule has 0 fully saturated rings. The summed E-state index contributed by atoms with van der Waals surface area (Å²) in [5, 5.41) is 5.13. The first-order chi connectivity index (χ1) is 8.15. The lowest BCUT2D eigenvalue weighted by Crippen LogP contribution is -1.90. The third kappa shape index (κ3) is 2.29. The van der Waals surface area contributed by atoms with Crippen LogP contribution in [0.1, 0.15) is 12.6 Å². The summed E-state index contributed by atoms with van der Waals surface area (Å²) < 4.78 is 7.18. The number of hydrogen-bond donors (Lipinski definition) is 0. The molecular weight excluding hydrogens is 236 g/mol. The van der Waals surface area contributed by atoms with Gasteiger partial charge in [0.1, 0.15) is 5.75 Å². The van der Waals surface area contributed by atoms with Crippen LogP contribution in [0.15, 0.2) is 24.4 Å². The second-order valence-corrected chi connectivity index (χ2v) is 4.30. The summed E-state index contributed by atoms with van der Waals surface area (Å²) in [7, 11) is 3.58. The molecule has 2 rings (SSSR count). The fourth-order valence-corrected chi connectivity index (χ4v) is 2.08. The van der Waals surface area contributed by atoms with Crippen molar-refractivity contribution in [3.05, 3.63) is 35.1 Å². The molecule has 0 aliphatic carbocycles. The second-order valence-electron chi connectivity index (χ2n) is 3.86. The normalized spacial score (nSPS) is 10.6. The van der Waals surface area contributed by atoms with Crippen LogP contribution in [0.4, 0.5) is 0 Å². The van der Waals surface area contributed by atoms with E-state index in [4.69, 9.17) is 16.3 Å². The van der Waals surface area contributed by atoms with E-state index in [-0.39, 0.29) is 0 Å². The molecule has 4 heteroatoms. The smallest absolute Gasteiger partial charge is 0.126 e. The zero-order valence-electron chi connectivity index (χ0n) is 10.2. The fraction of sp³-hybridized carbons (Fsp3) is 0.308. The predicted octanol–water partition coefficient (Wildman–Crippen LogP) is 3.31. The highest BCUT2D eigenvalue weighted by Gasteiger charge is 2.13. The Morgan fingerprint density at radius 1 is 1.35 bits per heavy atom. The molecule has 0 radical (unpaired) electrons. The summed E-state index contributed by atoms with van der Waals surface area (Å²) >= 11 is 6.04. The van der Waals surface area contributed by atoms with Crippen molar-refractivity contribution in [3.63, 3.8) is 0 Å². The first-order valence-corrected chi connectivity index (χ1v) is 5.90.